The number of urea groups is 1. The molecule has 0 spiro atoms. The first-order valence-corrected chi connectivity index (χ1v) is 11.6. The van der Waals surface area contributed by atoms with Crippen LogP contribution >= 0.6 is 22.9 Å². The van der Waals surface area contributed by atoms with Gasteiger partial charge in [-0.15, -0.1) is 11.3 Å². The predicted octanol–water partition coefficient (Wildman–Crippen LogP) is 3.25. The van der Waals surface area contributed by atoms with Crippen LogP contribution in [-0.4, -0.2) is 82.4 Å². The summed E-state index contributed by atoms with van der Waals surface area (Å²) in [7, 11) is -1.53. The van der Waals surface area contributed by atoms with Gasteiger partial charge in [-0.1, -0.05) is 34.2 Å². The fraction of sp³-hybridized carbons (Fsp3) is 0.0500. The molecule has 2 heterocycles. The summed E-state index contributed by atoms with van der Waals surface area (Å²) in [5.41, 5.74) is -1.29. The number of hydrogen-bond donors (Lipinski definition) is 2. The van der Waals surface area contributed by atoms with E-state index >= 15 is 0 Å². The number of thiophene rings is 1. The van der Waals surface area contributed by atoms with Crippen molar-refractivity contribution in [3.8, 4) is 5.69 Å². The van der Waals surface area contributed by atoms with E-state index < -0.39 is 33.6 Å². The Balaban J connectivity index is 0.00000342. The van der Waals surface area contributed by atoms with Gasteiger partial charge in [0.25, 0.3) is 5.56 Å². The molecular weight excluding hydrogens is 548 g/mol. The Morgan fingerprint density at radius 3 is 2.51 bits per heavy atom. The average Bonchev–Trinajstić information content (AvgIpc) is 3.15. The summed E-state index contributed by atoms with van der Waals surface area (Å²) < 4.78 is 39.9. The summed E-state index contributed by atoms with van der Waals surface area (Å²) >= 11 is 7.14. The fourth-order valence-electron chi connectivity index (χ4n) is 3.27. The number of carbonyl (C=O) groups is 1. The number of aromatic nitrogens is 2. The Kier molecular flexibility index (Phi) is 8.82. The van der Waals surface area contributed by atoms with Gasteiger partial charge >= 0.3 is 73.6 Å². The second kappa shape index (κ2) is 11.3. The SMILES string of the molecule is CNc1cc2[nH]c(=O)n(-c3cc(N(C(=O)N=S(=O)=O)c4ccccc4)sc3Cl)c(=O)c2cc1F.[KH]. The van der Waals surface area contributed by atoms with Gasteiger partial charge < -0.3 is 10.3 Å². The van der Waals surface area contributed by atoms with E-state index in [2.05, 4.69) is 14.7 Å². The van der Waals surface area contributed by atoms with Crippen LogP contribution in [0.25, 0.3) is 16.6 Å². The van der Waals surface area contributed by atoms with Crippen LogP contribution in [0.15, 0.2) is 62.5 Å². The Labute approximate surface area is 249 Å². The van der Waals surface area contributed by atoms with Crippen molar-refractivity contribution < 1.29 is 17.6 Å². The zero-order valence-electron chi connectivity index (χ0n) is 17.1. The van der Waals surface area contributed by atoms with E-state index in [-0.39, 0.29) is 88.7 Å². The number of H-pyrrole nitrogens is 1. The molecule has 0 aliphatic carbocycles. The number of para-hydroxylation sites is 1. The number of anilines is 3. The molecule has 0 radical (unpaired) electrons. The van der Waals surface area contributed by atoms with E-state index in [0.29, 0.717) is 4.57 Å². The van der Waals surface area contributed by atoms with Gasteiger partial charge in [0.1, 0.15) is 15.2 Å². The summed E-state index contributed by atoms with van der Waals surface area (Å²) in [6.07, 6.45) is 0. The van der Waals surface area contributed by atoms with Crippen LogP contribution in [0.5, 0.6) is 0 Å². The van der Waals surface area contributed by atoms with Gasteiger partial charge in [0, 0.05) is 7.05 Å². The molecule has 35 heavy (non-hydrogen) atoms. The first kappa shape index (κ1) is 27.4. The van der Waals surface area contributed by atoms with Crippen molar-refractivity contribution >= 4 is 118 Å². The summed E-state index contributed by atoms with van der Waals surface area (Å²) in [5.74, 6) is -0.698. The normalized spacial score (nSPS) is 10.5. The van der Waals surface area contributed by atoms with E-state index in [9.17, 15) is 27.2 Å². The zero-order valence-corrected chi connectivity index (χ0v) is 19.5. The average molecular weight is 562 g/mol. The van der Waals surface area contributed by atoms with Gasteiger partial charge in [0.2, 0.25) is 0 Å². The van der Waals surface area contributed by atoms with Crippen molar-refractivity contribution in [2.24, 2.45) is 4.36 Å². The van der Waals surface area contributed by atoms with E-state index in [4.69, 9.17) is 11.6 Å². The molecule has 4 rings (SSSR count). The molecule has 0 bridgehead atoms. The molecule has 2 aromatic carbocycles. The molecule has 2 N–H and O–H groups in total. The number of amides is 2. The summed E-state index contributed by atoms with van der Waals surface area (Å²) in [6, 6.07) is 10.4. The third kappa shape index (κ3) is 5.49. The predicted molar refractivity (Wildman–Crippen MR) is 135 cm³/mol. The minimum absolute atomic E-state index is 0. The zero-order chi connectivity index (χ0) is 24.6. The molecule has 10 nitrogen and oxygen atoms in total. The number of carbonyl (C=O) groups excluding carboxylic acids is 1. The van der Waals surface area contributed by atoms with Gasteiger partial charge in [-0.05, 0) is 30.3 Å². The van der Waals surface area contributed by atoms with Crippen molar-refractivity contribution in [1.82, 2.24) is 9.55 Å². The molecule has 0 fully saturated rings. The second-order valence-electron chi connectivity index (χ2n) is 6.70. The quantitative estimate of drug-likeness (QED) is 0.367. The van der Waals surface area contributed by atoms with Gasteiger partial charge in [0.15, 0.2) is 0 Å². The molecule has 0 atom stereocenters. The van der Waals surface area contributed by atoms with Crippen LogP contribution in [-0.2, 0) is 10.5 Å². The third-order valence-electron chi connectivity index (χ3n) is 4.73. The van der Waals surface area contributed by atoms with Crippen LogP contribution < -0.4 is 21.5 Å². The molecule has 176 valence electrons. The topological polar surface area (TPSA) is 134 Å². The number of nitrogens with zero attached hydrogens (tertiary/aromatic N) is 3. The number of aromatic amines is 1. The Bertz CT molecular complexity index is 1690. The van der Waals surface area contributed by atoms with Gasteiger partial charge in [-0.3, -0.25) is 9.69 Å². The molecule has 0 aliphatic heterocycles. The van der Waals surface area contributed by atoms with E-state index in [1.165, 1.54) is 31.3 Å². The standard InChI is InChI=1S/C20H13ClFN5O5S2.K.H/c1-23-14-8-13-11(7-12(14)22)18(28)27(19(29)24-13)15-9-16(33-17(15)21)26(20(30)25-34(31)32)10-5-3-2-4-6-10;;/h2-9,23H,1H3,(H,24,29);;. The van der Waals surface area contributed by atoms with Gasteiger partial charge in [0.05, 0.1) is 28.0 Å². The summed E-state index contributed by atoms with van der Waals surface area (Å²) in [5, 5.41) is 2.61. The minimum atomic E-state index is -3.02. The first-order valence-electron chi connectivity index (χ1n) is 9.37. The van der Waals surface area contributed by atoms with Crippen LogP contribution in [0.2, 0.25) is 4.34 Å². The molecule has 2 amide bonds. The molecule has 15 heteroatoms. The Morgan fingerprint density at radius 2 is 1.89 bits per heavy atom. The van der Waals surface area contributed by atoms with E-state index in [1.54, 1.807) is 18.2 Å². The van der Waals surface area contributed by atoms with Gasteiger partial charge in [-0.2, -0.15) is 8.42 Å². The molecular formula is C20H14ClFKN5O5S2. The summed E-state index contributed by atoms with van der Waals surface area (Å²) in [6.45, 7) is 0. The fourth-order valence-corrected chi connectivity index (χ4v) is 4.74. The van der Waals surface area contributed by atoms with Crippen molar-refractivity contribution in [2.75, 3.05) is 17.3 Å². The number of nitrogens with one attached hydrogen (secondary N) is 2. The molecule has 4 aromatic rings. The van der Waals surface area contributed by atoms with Crippen LogP contribution in [0.4, 0.5) is 25.6 Å². The number of hydrogen-bond acceptors (Lipinski definition) is 7. The number of halogens is 2. The van der Waals surface area contributed by atoms with Crippen LogP contribution in [0.1, 0.15) is 0 Å². The maximum atomic E-state index is 14.3. The van der Waals surface area contributed by atoms with Crippen LogP contribution in [0, 0.1) is 5.82 Å². The Morgan fingerprint density at radius 1 is 1.20 bits per heavy atom. The van der Waals surface area contributed by atoms with E-state index in [1.807, 2.05) is 0 Å². The Hall–Kier alpha value is -2.17. The van der Waals surface area contributed by atoms with Crippen LogP contribution in [0.3, 0.4) is 0 Å². The van der Waals surface area contributed by atoms with Crippen molar-refractivity contribution in [3.63, 3.8) is 0 Å². The van der Waals surface area contributed by atoms with Gasteiger partial charge in [-0.25, -0.2) is 18.5 Å². The van der Waals surface area contributed by atoms with Crippen molar-refractivity contribution in [1.29, 1.82) is 0 Å². The first-order chi connectivity index (χ1) is 16.2. The molecule has 0 saturated heterocycles. The monoisotopic (exact) mass is 561 g/mol. The maximum absolute atomic E-state index is 14.3. The second-order valence-corrected chi connectivity index (χ2v) is 8.95. The van der Waals surface area contributed by atoms with E-state index in [0.717, 1.165) is 22.3 Å². The number of benzene rings is 2. The molecule has 2 aromatic heterocycles. The third-order valence-corrected chi connectivity index (χ3v) is 6.36. The number of rotatable bonds is 4. The summed E-state index contributed by atoms with van der Waals surface area (Å²) in [4.78, 5) is 41.9. The molecule has 0 unspecified atom stereocenters. The molecule has 0 aliphatic rings. The molecule has 0 saturated carbocycles. The van der Waals surface area contributed by atoms with Crippen molar-refractivity contribution in [3.05, 3.63) is 79.5 Å². The number of fused-ring (bicyclic) bond motifs is 1. The van der Waals surface area contributed by atoms with Crippen molar-refractivity contribution in [2.45, 2.75) is 0 Å².